The molecule has 0 spiro atoms. The predicted octanol–water partition coefficient (Wildman–Crippen LogP) is 3.60. The first-order valence-corrected chi connectivity index (χ1v) is 5.84. The normalized spacial score (nSPS) is 10.5. The summed E-state index contributed by atoms with van der Waals surface area (Å²) in [5.74, 6) is -0.422. The zero-order valence-electron chi connectivity index (χ0n) is 6.67. The summed E-state index contributed by atoms with van der Waals surface area (Å²) in [6.07, 6.45) is 0. The summed E-state index contributed by atoms with van der Waals surface area (Å²) in [5.41, 5.74) is 0.789. The molecule has 6 heteroatoms. The molecule has 1 heterocycles. The van der Waals surface area contributed by atoms with Crippen LogP contribution in [0.15, 0.2) is 18.2 Å². The average molecular weight is 341 g/mol. The number of aromatic nitrogens is 2. The minimum Gasteiger partial charge on any atom is -0.210 e. The van der Waals surface area contributed by atoms with E-state index in [2.05, 4.69) is 9.36 Å². The third-order valence-corrected chi connectivity index (χ3v) is 3.43. The fourth-order valence-electron chi connectivity index (χ4n) is 0.952. The molecular weight excluding hydrogens is 338 g/mol. The van der Waals surface area contributed by atoms with Crippen LogP contribution < -0.4 is 0 Å². The molecule has 0 amide bonds. The van der Waals surface area contributed by atoms with Gasteiger partial charge in [-0.2, -0.15) is 4.37 Å². The highest BCUT2D eigenvalue weighted by molar-refractivity contribution is 14.1. The maximum atomic E-state index is 12.9. The van der Waals surface area contributed by atoms with Gasteiger partial charge in [-0.15, -0.1) is 0 Å². The minimum atomic E-state index is -0.422. The molecule has 1 aromatic carbocycles. The molecule has 0 atom stereocenters. The van der Waals surface area contributed by atoms with Gasteiger partial charge in [0.2, 0.25) is 3.83 Å². The Hall–Kier alpha value is -0.270. The van der Waals surface area contributed by atoms with Crippen LogP contribution in [-0.2, 0) is 0 Å². The Morgan fingerprint density at radius 1 is 1.43 bits per heavy atom. The van der Waals surface area contributed by atoms with Gasteiger partial charge in [-0.05, 0) is 29.7 Å². The predicted molar refractivity (Wildman–Crippen MR) is 63.0 cm³/mol. The van der Waals surface area contributed by atoms with Crippen LogP contribution >= 0.6 is 45.7 Å². The number of hydrogen-bond acceptors (Lipinski definition) is 3. The average Bonchev–Trinajstić information content (AvgIpc) is 2.57. The van der Waals surface area contributed by atoms with E-state index in [1.165, 1.54) is 17.6 Å². The van der Waals surface area contributed by atoms with E-state index in [9.17, 15) is 4.39 Å². The lowest BCUT2D eigenvalue weighted by molar-refractivity contribution is 0.628. The molecule has 0 radical (unpaired) electrons. The number of nitrogens with zero attached hydrogens (tertiary/aromatic N) is 2. The van der Waals surface area contributed by atoms with Crippen LogP contribution in [-0.4, -0.2) is 9.36 Å². The van der Waals surface area contributed by atoms with Gasteiger partial charge in [0.05, 0.1) is 5.02 Å². The summed E-state index contributed by atoms with van der Waals surface area (Å²) < 4.78 is 17.6. The van der Waals surface area contributed by atoms with Gasteiger partial charge in [0.1, 0.15) is 10.8 Å². The number of hydrogen-bond donors (Lipinski definition) is 0. The topological polar surface area (TPSA) is 25.8 Å². The van der Waals surface area contributed by atoms with E-state index in [1.54, 1.807) is 12.1 Å². The highest BCUT2D eigenvalue weighted by Gasteiger charge is 2.07. The molecule has 0 fully saturated rings. The van der Waals surface area contributed by atoms with Gasteiger partial charge in [-0.1, -0.05) is 11.6 Å². The van der Waals surface area contributed by atoms with Crippen molar-refractivity contribution in [2.75, 3.05) is 0 Å². The Kier molecular flexibility index (Phi) is 2.99. The van der Waals surface area contributed by atoms with Gasteiger partial charge >= 0.3 is 0 Å². The van der Waals surface area contributed by atoms with Crippen LogP contribution in [0.3, 0.4) is 0 Å². The second-order valence-corrected chi connectivity index (χ2v) is 4.62. The van der Waals surface area contributed by atoms with Crippen molar-refractivity contribution in [1.29, 1.82) is 0 Å². The van der Waals surface area contributed by atoms with Crippen molar-refractivity contribution in [1.82, 2.24) is 9.36 Å². The molecule has 0 aliphatic heterocycles. The van der Waals surface area contributed by atoms with Crippen LogP contribution in [0.2, 0.25) is 5.02 Å². The van der Waals surface area contributed by atoms with Crippen molar-refractivity contribution in [3.63, 3.8) is 0 Å². The summed E-state index contributed by atoms with van der Waals surface area (Å²) in [6, 6.07) is 4.51. The molecule has 2 rings (SSSR count). The molecule has 0 aliphatic carbocycles. The van der Waals surface area contributed by atoms with Crippen molar-refractivity contribution in [2.24, 2.45) is 0 Å². The number of rotatable bonds is 1. The Bertz CT molecular complexity index is 474. The minimum absolute atomic E-state index is 0.104. The van der Waals surface area contributed by atoms with Gasteiger partial charge in [-0.3, -0.25) is 0 Å². The lowest BCUT2D eigenvalue weighted by Gasteiger charge is -1.96. The first-order valence-electron chi connectivity index (χ1n) is 3.61. The van der Waals surface area contributed by atoms with Gasteiger partial charge < -0.3 is 0 Å². The maximum absolute atomic E-state index is 12.9. The molecule has 72 valence electrons. The van der Waals surface area contributed by atoms with Crippen molar-refractivity contribution >= 4 is 45.7 Å². The highest BCUT2D eigenvalue weighted by atomic mass is 127. The number of halogens is 3. The highest BCUT2D eigenvalue weighted by Crippen LogP contribution is 2.26. The fraction of sp³-hybridized carbons (Fsp3) is 0. The van der Waals surface area contributed by atoms with E-state index in [1.807, 2.05) is 22.6 Å². The van der Waals surface area contributed by atoms with E-state index in [4.69, 9.17) is 11.6 Å². The van der Waals surface area contributed by atoms with Crippen molar-refractivity contribution in [3.8, 4) is 10.6 Å². The second-order valence-electron chi connectivity index (χ2n) is 2.50. The lowest BCUT2D eigenvalue weighted by Crippen LogP contribution is -1.80. The van der Waals surface area contributed by atoms with Crippen molar-refractivity contribution in [3.05, 3.63) is 32.9 Å². The quantitative estimate of drug-likeness (QED) is 0.741. The molecule has 0 saturated carbocycles. The van der Waals surface area contributed by atoms with E-state index in [-0.39, 0.29) is 5.02 Å². The maximum Gasteiger partial charge on any atom is 0.203 e. The van der Waals surface area contributed by atoms with Gasteiger partial charge in [-0.25, -0.2) is 9.37 Å². The summed E-state index contributed by atoms with van der Waals surface area (Å²) in [6.45, 7) is 0. The summed E-state index contributed by atoms with van der Waals surface area (Å²) in [4.78, 5) is 4.16. The molecular formula is C8H3ClFIN2S. The second kappa shape index (κ2) is 4.08. The van der Waals surface area contributed by atoms with E-state index < -0.39 is 5.82 Å². The van der Waals surface area contributed by atoms with Crippen LogP contribution in [0, 0.1) is 9.65 Å². The van der Waals surface area contributed by atoms with Gasteiger partial charge in [0.25, 0.3) is 0 Å². The summed E-state index contributed by atoms with van der Waals surface area (Å²) in [7, 11) is 0. The molecule has 2 nitrogen and oxygen atoms in total. The smallest absolute Gasteiger partial charge is 0.203 e. The van der Waals surface area contributed by atoms with Gasteiger partial charge in [0, 0.05) is 28.2 Å². The van der Waals surface area contributed by atoms with E-state index in [0.29, 0.717) is 3.83 Å². The molecule has 1 aromatic heterocycles. The van der Waals surface area contributed by atoms with E-state index >= 15 is 0 Å². The standard InChI is InChI=1S/C8H3ClFIN2S/c9-5-3-4(1-2-6(5)10)7-12-8(11)13-14-7/h1-3H. The Morgan fingerprint density at radius 2 is 2.21 bits per heavy atom. The van der Waals surface area contributed by atoms with Crippen LogP contribution in [0.5, 0.6) is 0 Å². The zero-order valence-corrected chi connectivity index (χ0v) is 10.4. The molecule has 0 saturated heterocycles. The van der Waals surface area contributed by atoms with Crippen LogP contribution in [0.4, 0.5) is 4.39 Å². The molecule has 0 N–H and O–H groups in total. The Labute approximate surface area is 102 Å². The van der Waals surface area contributed by atoms with Crippen molar-refractivity contribution in [2.45, 2.75) is 0 Å². The molecule has 14 heavy (non-hydrogen) atoms. The summed E-state index contributed by atoms with van der Waals surface area (Å²) in [5, 5.41) is 0.851. The zero-order chi connectivity index (χ0) is 10.1. The monoisotopic (exact) mass is 340 g/mol. The fourth-order valence-corrected chi connectivity index (χ4v) is 2.40. The Morgan fingerprint density at radius 3 is 2.79 bits per heavy atom. The van der Waals surface area contributed by atoms with E-state index in [0.717, 1.165) is 10.6 Å². The first-order chi connectivity index (χ1) is 6.66. The van der Waals surface area contributed by atoms with Crippen LogP contribution in [0.25, 0.3) is 10.6 Å². The molecule has 0 unspecified atom stereocenters. The largest absolute Gasteiger partial charge is 0.210 e. The molecule has 0 bridgehead atoms. The van der Waals surface area contributed by atoms with Crippen molar-refractivity contribution < 1.29 is 4.39 Å². The Balaban J connectivity index is 2.47. The third kappa shape index (κ3) is 2.04. The third-order valence-electron chi connectivity index (χ3n) is 1.57. The first kappa shape index (κ1) is 10.3. The summed E-state index contributed by atoms with van der Waals surface area (Å²) >= 11 is 8.94. The molecule has 2 aromatic rings. The van der Waals surface area contributed by atoms with Crippen LogP contribution in [0.1, 0.15) is 0 Å². The van der Waals surface area contributed by atoms with Gasteiger partial charge in [0.15, 0.2) is 0 Å². The SMILES string of the molecule is Fc1ccc(-c2nc(I)ns2)cc1Cl. The number of benzene rings is 1. The lowest BCUT2D eigenvalue weighted by atomic mass is 10.2. The molecule has 0 aliphatic rings.